The molecule has 3 heteroatoms. The van der Waals surface area contributed by atoms with E-state index in [4.69, 9.17) is 0 Å². The van der Waals surface area contributed by atoms with Crippen molar-refractivity contribution < 1.29 is 0 Å². The van der Waals surface area contributed by atoms with E-state index in [0.717, 1.165) is 0 Å². The normalized spacial score (nSPS) is 13.2. The SMILES string of the molecule is C[Si](C)(c1cccc2ccccc12)[Si](C)(C)[Si](C)(C)c1c2ccccc2cc2ccccc12. The summed E-state index contributed by atoms with van der Waals surface area (Å²) in [5.74, 6) is 0. The standard InChI is InChI=1S/C30H34Si3/c1-31(2,29-21-13-17-23-14-7-10-18-26(23)29)33(5,6)32(3,4)30-27-19-11-8-15-24(27)22-25-16-9-12-20-28(25)30/h7-22H,1-6H3. The average Bonchev–Trinajstić information content (AvgIpc) is 2.81. The van der Waals surface area contributed by atoms with Gasteiger partial charge in [-0.25, -0.2) is 0 Å². The predicted molar refractivity (Wildman–Crippen MR) is 157 cm³/mol. The highest BCUT2D eigenvalue weighted by Gasteiger charge is 2.54. The van der Waals surface area contributed by atoms with Crippen LogP contribution in [-0.2, 0) is 0 Å². The van der Waals surface area contributed by atoms with E-state index >= 15 is 0 Å². The fourth-order valence-electron chi connectivity index (χ4n) is 5.89. The number of benzene rings is 5. The highest BCUT2D eigenvalue weighted by molar-refractivity contribution is 7.73. The van der Waals surface area contributed by atoms with Crippen molar-refractivity contribution >= 4 is 65.0 Å². The van der Waals surface area contributed by atoms with Crippen molar-refractivity contribution in [2.75, 3.05) is 0 Å². The Labute approximate surface area is 200 Å². The van der Waals surface area contributed by atoms with Crippen LogP contribution in [0.3, 0.4) is 0 Å². The van der Waals surface area contributed by atoms with E-state index in [1.54, 1.807) is 10.4 Å². The molecular weight excluding hydrogens is 445 g/mol. The molecule has 0 N–H and O–H groups in total. The van der Waals surface area contributed by atoms with Crippen molar-refractivity contribution in [1.82, 2.24) is 0 Å². The molecule has 0 unspecified atom stereocenters. The molecule has 0 heterocycles. The van der Waals surface area contributed by atoms with Gasteiger partial charge in [-0.15, -0.1) is 0 Å². The summed E-state index contributed by atoms with van der Waals surface area (Å²) in [6, 6.07) is 36.6. The van der Waals surface area contributed by atoms with Crippen molar-refractivity contribution in [2.45, 2.75) is 39.3 Å². The van der Waals surface area contributed by atoms with Crippen LogP contribution >= 0.6 is 0 Å². The molecule has 0 aliphatic rings. The van der Waals surface area contributed by atoms with Crippen LogP contribution in [0.4, 0.5) is 0 Å². The molecular formula is C30H34Si3. The van der Waals surface area contributed by atoms with Crippen LogP contribution in [0.1, 0.15) is 0 Å². The van der Waals surface area contributed by atoms with E-state index in [9.17, 15) is 0 Å². The van der Waals surface area contributed by atoms with Crippen LogP contribution in [-0.4, -0.2) is 22.3 Å². The van der Waals surface area contributed by atoms with Crippen LogP contribution in [0.25, 0.3) is 32.3 Å². The molecule has 0 saturated heterocycles. The van der Waals surface area contributed by atoms with Crippen molar-refractivity contribution in [3.8, 4) is 0 Å². The highest BCUT2D eigenvalue weighted by Crippen LogP contribution is 2.34. The zero-order valence-electron chi connectivity index (χ0n) is 20.7. The van der Waals surface area contributed by atoms with Gasteiger partial charge in [0.15, 0.2) is 0 Å². The second-order valence-electron chi connectivity index (χ2n) is 11.1. The van der Waals surface area contributed by atoms with Crippen LogP contribution in [0.15, 0.2) is 97.1 Å². The van der Waals surface area contributed by atoms with Gasteiger partial charge in [-0.3, -0.25) is 0 Å². The first-order valence-corrected chi connectivity index (χ1v) is 23.1. The number of fused-ring (bicyclic) bond motifs is 3. The van der Waals surface area contributed by atoms with Crippen molar-refractivity contribution in [3.05, 3.63) is 97.1 Å². The van der Waals surface area contributed by atoms with Crippen LogP contribution in [0.5, 0.6) is 0 Å². The van der Waals surface area contributed by atoms with Gasteiger partial charge in [0.1, 0.15) is 0 Å². The first-order valence-electron chi connectivity index (χ1n) is 12.1. The fourth-order valence-corrected chi connectivity index (χ4v) is 38.4. The summed E-state index contributed by atoms with van der Waals surface area (Å²) < 4.78 is 0. The Kier molecular flexibility index (Phi) is 5.27. The molecule has 5 aromatic carbocycles. The Morgan fingerprint density at radius 3 is 1.45 bits per heavy atom. The summed E-state index contributed by atoms with van der Waals surface area (Å²) in [5, 5.41) is 12.0. The smallest absolute Gasteiger partial charge is 0.0725 e. The quantitative estimate of drug-likeness (QED) is 0.185. The second-order valence-corrected chi connectivity index (χ2v) is 38.4. The third kappa shape index (κ3) is 3.29. The number of hydrogen-bond donors (Lipinski definition) is 0. The van der Waals surface area contributed by atoms with Crippen LogP contribution < -0.4 is 10.4 Å². The average molecular weight is 479 g/mol. The number of rotatable bonds is 4. The Morgan fingerprint density at radius 1 is 0.424 bits per heavy atom. The first-order chi connectivity index (χ1) is 15.7. The Hall–Kier alpha value is -2.47. The minimum absolute atomic E-state index is 1.38. The second kappa shape index (κ2) is 7.80. The molecule has 0 aliphatic heterocycles. The van der Waals surface area contributed by atoms with Gasteiger partial charge >= 0.3 is 0 Å². The predicted octanol–water partition coefficient (Wildman–Crippen LogP) is 7.54. The van der Waals surface area contributed by atoms with Gasteiger partial charge in [0.2, 0.25) is 0 Å². The zero-order valence-corrected chi connectivity index (χ0v) is 23.7. The van der Waals surface area contributed by atoms with Gasteiger partial charge in [-0.2, -0.15) is 0 Å². The minimum Gasteiger partial charge on any atom is -0.0725 e. The summed E-state index contributed by atoms with van der Waals surface area (Å²) >= 11 is 0. The van der Waals surface area contributed by atoms with E-state index in [1.807, 2.05) is 0 Å². The van der Waals surface area contributed by atoms with E-state index in [-0.39, 0.29) is 0 Å². The van der Waals surface area contributed by atoms with Gasteiger partial charge in [0.25, 0.3) is 0 Å². The minimum atomic E-state index is -1.84. The summed E-state index contributed by atoms with van der Waals surface area (Å²) in [5.41, 5.74) is 0. The molecule has 0 nitrogen and oxygen atoms in total. The monoisotopic (exact) mass is 478 g/mol. The Morgan fingerprint density at radius 2 is 0.879 bits per heavy atom. The lowest BCUT2D eigenvalue weighted by Crippen LogP contribution is -2.78. The van der Waals surface area contributed by atoms with Gasteiger partial charge < -0.3 is 0 Å². The molecule has 0 bridgehead atoms. The molecule has 0 saturated carbocycles. The Balaban J connectivity index is 1.80. The zero-order chi connectivity index (χ0) is 23.4. The van der Waals surface area contributed by atoms with Crippen LogP contribution in [0.2, 0.25) is 39.3 Å². The maximum atomic E-state index is 2.73. The first kappa shape index (κ1) is 22.3. The summed E-state index contributed by atoms with van der Waals surface area (Å²) in [6.07, 6.45) is 0. The summed E-state index contributed by atoms with van der Waals surface area (Å²) in [6.45, 7) is 16.2. The van der Waals surface area contributed by atoms with Gasteiger partial charge in [-0.1, -0.05) is 135 Å². The lowest BCUT2D eigenvalue weighted by Gasteiger charge is -2.50. The molecule has 0 atom stereocenters. The maximum absolute atomic E-state index is 2.73. The molecule has 5 rings (SSSR count). The lowest BCUT2D eigenvalue weighted by molar-refractivity contribution is 1.72. The van der Waals surface area contributed by atoms with E-state index in [0.29, 0.717) is 0 Å². The molecule has 0 aliphatic carbocycles. The topological polar surface area (TPSA) is 0 Å². The molecule has 0 spiro atoms. The van der Waals surface area contributed by atoms with Gasteiger partial charge in [-0.05, 0) is 43.6 Å². The fraction of sp³-hybridized carbons (Fsp3) is 0.200. The number of hydrogen-bond acceptors (Lipinski definition) is 0. The molecule has 0 aromatic heterocycles. The molecule has 5 aromatic rings. The van der Waals surface area contributed by atoms with E-state index in [1.165, 1.54) is 32.3 Å². The van der Waals surface area contributed by atoms with E-state index < -0.39 is 22.3 Å². The highest BCUT2D eigenvalue weighted by atomic mass is 29.6. The van der Waals surface area contributed by atoms with Crippen molar-refractivity contribution in [1.29, 1.82) is 0 Å². The third-order valence-electron chi connectivity index (χ3n) is 8.98. The van der Waals surface area contributed by atoms with Gasteiger partial charge in [0, 0.05) is 7.11 Å². The molecule has 0 fully saturated rings. The van der Waals surface area contributed by atoms with Crippen molar-refractivity contribution in [2.24, 2.45) is 0 Å². The van der Waals surface area contributed by atoms with E-state index in [2.05, 4.69) is 136 Å². The maximum Gasteiger partial charge on any atom is 0.0734 e. The lowest BCUT2D eigenvalue weighted by atomic mass is 10.0. The summed E-state index contributed by atoms with van der Waals surface area (Å²) in [4.78, 5) is 0. The molecule has 0 amide bonds. The molecule has 166 valence electrons. The largest absolute Gasteiger partial charge is 0.0734 e. The van der Waals surface area contributed by atoms with Crippen LogP contribution in [0, 0.1) is 0 Å². The molecule has 33 heavy (non-hydrogen) atoms. The van der Waals surface area contributed by atoms with Crippen molar-refractivity contribution in [3.63, 3.8) is 0 Å². The Bertz CT molecular complexity index is 1440. The third-order valence-corrected chi connectivity index (χ3v) is 50.4. The molecule has 0 radical (unpaired) electrons. The van der Waals surface area contributed by atoms with Gasteiger partial charge in [0.05, 0.1) is 15.2 Å². The summed E-state index contributed by atoms with van der Waals surface area (Å²) in [7, 11) is -5.32.